The van der Waals surface area contributed by atoms with Crippen LogP contribution in [-0.2, 0) is 57.4 Å². The zero-order valence-electron chi connectivity index (χ0n) is 61.9. The maximum atomic E-state index is 15.3. The van der Waals surface area contributed by atoms with Gasteiger partial charge in [-0.15, -0.1) is 0 Å². The molecule has 5 N–H and O–H groups in total. The third-order valence-corrected chi connectivity index (χ3v) is 18.6. The fourth-order valence-electron chi connectivity index (χ4n) is 12.7. The Morgan fingerprint density at radius 1 is 0.564 bits per heavy atom. The largest absolute Gasteiger partial charge is 0.390 e. The smallest absolute Gasteiger partial charge is 0.246 e. The summed E-state index contributed by atoms with van der Waals surface area (Å²) in [4.78, 5) is 160. The van der Waals surface area contributed by atoms with E-state index in [4.69, 9.17) is 9.47 Å². The first-order valence-corrected chi connectivity index (χ1v) is 34.0. The molecular weight excluding hydrogens is 1200 g/mol. The molecule has 2 fully saturated rings. The second-order valence-electron chi connectivity index (χ2n) is 28.6. The first-order valence-electron chi connectivity index (χ1n) is 34.0. The number of carbonyl (C=O) groups excluding carboxylic acids is 10. The van der Waals surface area contributed by atoms with E-state index in [2.05, 4.69) is 32.7 Å². The van der Waals surface area contributed by atoms with Crippen molar-refractivity contribution < 1.29 is 62.5 Å². The molecule has 0 radical (unpaired) electrons. The van der Waals surface area contributed by atoms with Crippen molar-refractivity contribution in [1.29, 1.82) is 0 Å². The summed E-state index contributed by atoms with van der Waals surface area (Å²) in [6, 6.07) is -12.9. The van der Waals surface area contributed by atoms with Crippen molar-refractivity contribution in [2.45, 2.75) is 228 Å². The number of ether oxygens (including phenoxy) is 2. The summed E-state index contributed by atoms with van der Waals surface area (Å²) in [5, 5.41) is 23.7. The van der Waals surface area contributed by atoms with E-state index in [9.17, 15) is 29.1 Å². The molecule has 2 saturated heterocycles. The molecule has 0 aliphatic carbocycles. The average molecular weight is 1330 g/mol. The van der Waals surface area contributed by atoms with Gasteiger partial charge in [0.05, 0.1) is 31.5 Å². The van der Waals surface area contributed by atoms with Crippen LogP contribution < -0.4 is 21.3 Å². The monoisotopic (exact) mass is 1330 g/mol. The summed E-state index contributed by atoms with van der Waals surface area (Å²) in [5.41, 5.74) is 0.275. The van der Waals surface area contributed by atoms with Gasteiger partial charge in [0.2, 0.25) is 59.1 Å². The van der Waals surface area contributed by atoms with Crippen molar-refractivity contribution in [1.82, 2.24) is 60.5 Å². The number of aliphatic hydroxyl groups is 1. The molecular formula is C69H124N12O13. The Kier molecular flexibility index (Phi) is 34.4. The summed E-state index contributed by atoms with van der Waals surface area (Å²) < 4.78 is 11.3. The molecule has 0 unspecified atom stereocenters. The number of allylic oxidation sites excluding steroid dienone is 2. The third kappa shape index (κ3) is 22.7. The molecule has 0 aromatic carbocycles. The van der Waals surface area contributed by atoms with Crippen molar-refractivity contribution in [3.05, 3.63) is 24.4 Å². The predicted molar refractivity (Wildman–Crippen MR) is 365 cm³/mol. The minimum Gasteiger partial charge on any atom is -0.390 e. The van der Waals surface area contributed by atoms with E-state index in [-0.39, 0.29) is 61.2 Å². The van der Waals surface area contributed by atoms with Crippen LogP contribution in [0, 0.1) is 41.4 Å². The van der Waals surface area contributed by atoms with E-state index in [1.807, 2.05) is 81.4 Å². The summed E-state index contributed by atoms with van der Waals surface area (Å²) in [7, 11) is 12.1. The number of likely N-dealkylation sites (N-methyl/N-ethyl adjacent to an activating group) is 7. The van der Waals surface area contributed by atoms with Crippen LogP contribution in [-0.4, -0.2) is 271 Å². The Morgan fingerprint density at radius 3 is 1.55 bits per heavy atom. The van der Waals surface area contributed by atoms with Crippen LogP contribution in [0.5, 0.6) is 0 Å². The lowest BCUT2D eigenvalue weighted by atomic mass is 9.90. The Hall–Kier alpha value is -6.18. The lowest BCUT2D eigenvalue weighted by Crippen LogP contribution is -2.63. The normalized spacial score (nSPS) is 28.5. The number of carbonyl (C=O) groups is 10. The van der Waals surface area contributed by atoms with E-state index < -0.39 is 149 Å². The number of nitrogens with zero attached hydrogens (tertiary/aromatic N) is 8. The van der Waals surface area contributed by atoms with Crippen LogP contribution in [0.25, 0.3) is 0 Å². The number of amides is 10. The zero-order chi connectivity index (χ0) is 72.2. The minimum atomic E-state index is -1.39. The predicted octanol–water partition coefficient (Wildman–Crippen LogP) is 3.58. The van der Waals surface area contributed by atoms with Crippen LogP contribution in [0.4, 0.5) is 0 Å². The molecule has 0 aromatic rings. The standard InChI is InChI=1S/C69H124N12O13/c1-27-29-30-44(13)59(82)58-63(86)72-51(28-2)66(89)75(20)49(18)65(88)80(25)57(45(14)36-81-31-32-94-50(37-81)38-93-26)62(85)73-55(42(9)10)69(92)76(21)52(33-39(3)4)61(84)70-46(15)60(83)71-47(16)64(87)77(22)53(34-40(5)6)67(90)78(23)54(35-41(7)8)68(91)79(24)56(43(11)12)48(17)74(58)19/h27,29,39-47,49-59,82H,17,28,30-38H2,1-16,18-26H3,(H,70,84)(H,71,83)(H,72,86)(H,73,85)/b29-27+/t44-,45-,46+,47-,49-,50+,51+,52+,53+,54+,55+,56+,57+,58+,59-/m1/s1. The van der Waals surface area contributed by atoms with Gasteiger partial charge in [0.15, 0.2) is 0 Å². The van der Waals surface area contributed by atoms with E-state index in [1.54, 1.807) is 48.9 Å². The Labute approximate surface area is 563 Å². The fourth-order valence-corrected chi connectivity index (χ4v) is 12.7. The van der Waals surface area contributed by atoms with Crippen LogP contribution in [0.15, 0.2) is 24.4 Å². The number of methoxy groups -OCH3 is 1. The van der Waals surface area contributed by atoms with Crippen molar-refractivity contribution in [2.24, 2.45) is 41.4 Å². The molecule has 15 atom stereocenters. The molecule has 25 nitrogen and oxygen atoms in total. The number of aliphatic hydroxyl groups excluding tert-OH is 1. The Bertz CT molecular complexity index is 2580. The lowest BCUT2D eigenvalue weighted by Gasteiger charge is -2.44. The molecule has 25 heteroatoms. The molecule has 0 spiro atoms. The lowest BCUT2D eigenvalue weighted by molar-refractivity contribution is -0.152. The maximum Gasteiger partial charge on any atom is 0.246 e. The van der Waals surface area contributed by atoms with Gasteiger partial charge in [0.25, 0.3) is 0 Å². The highest BCUT2D eigenvalue weighted by Gasteiger charge is 2.45. The van der Waals surface area contributed by atoms with Crippen LogP contribution >= 0.6 is 0 Å². The van der Waals surface area contributed by atoms with Gasteiger partial charge in [-0.05, 0) is 101 Å². The highest BCUT2D eigenvalue weighted by atomic mass is 16.5. The molecule has 2 heterocycles. The number of morpholine rings is 1. The van der Waals surface area contributed by atoms with Gasteiger partial charge in [0.1, 0.15) is 60.4 Å². The molecule has 2 aliphatic rings. The molecule has 10 amide bonds. The number of rotatable bonds is 18. The quantitative estimate of drug-likeness (QED) is 0.123. The Morgan fingerprint density at radius 2 is 1.05 bits per heavy atom. The summed E-state index contributed by atoms with van der Waals surface area (Å²) in [6.45, 7) is 36.8. The molecule has 2 aliphatic heterocycles. The molecule has 0 saturated carbocycles. The molecule has 0 aromatic heterocycles. The maximum absolute atomic E-state index is 15.3. The molecule has 2 rings (SSSR count). The van der Waals surface area contributed by atoms with Gasteiger partial charge in [-0.25, -0.2) is 0 Å². The van der Waals surface area contributed by atoms with Crippen molar-refractivity contribution in [3.63, 3.8) is 0 Å². The van der Waals surface area contributed by atoms with Gasteiger partial charge in [0, 0.05) is 81.8 Å². The number of nitrogens with one attached hydrogen (secondary N) is 4. The summed E-state index contributed by atoms with van der Waals surface area (Å²) in [5.74, 6) is -8.69. The molecule has 0 bridgehead atoms. The van der Waals surface area contributed by atoms with Crippen molar-refractivity contribution >= 4 is 59.1 Å². The highest BCUT2D eigenvalue weighted by Crippen LogP contribution is 2.29. The minimum absolute atomic E-state index is 0.0576. The van der Waals surface area contributed by atoms with E-state index in [0.29, 0.717) is 39.3 Å². The average Bonchev–Trinajstić information content (AvgIpc) is 0.813. The SMILES string of the molecule is C=C1[C@H](C(C)C)N(C)C(=O)[C@H](CC(C)C)N(C)C(=O)[C@H](CC(C)C)N(C)C(=O)[C@@H](C)NC(=O)[C@H](C)NC(=O)[C@H](CC(C)C)N(C)C(=O)[C@H](C(C)C)NC(=O)[C@H]([C@H](C)CN2CCO[C@H](COC)C2)N(C)C(=O)[C@@H](C)N(C)C(=O)[C@H](CC)NC(=O)[C@H]([C@H](O)[C@H](C)C/C=C/C)N1C. The van der Waals surface area contributed by atoms with Crippen LogP contribution in [0.1, 0.15) is 150 Å². The first-order chi connectivity index (χ1) is 43.6. The van der Waals surface area contributed by atoms with E-state index in [0.717, 1.165) is 0 Å². The van der Waals surface area contributed by atoms with Crippen LogP contribution in [0.3, 0.4) is 0 Å². The zero-order valence-corrected chi connectivity index (χ0v) is 61.9. The van der Waals surface area contributed by atoms with Gasteiger partial charge < -0.3 is 70.1 Å². The number of hydrogen-bond donors (Lipinski definition) is 5. The van der Waals surface area contributed by atoms with Gasteiger partial charge >= 0.3 is 0 Å². The summed E-state index contributed by atoms with van der Waals surface area (Å²) in [6.07, 6.45) is 3.08. The number of hydrogen-bond acceptors (Lipinski definition) is 15. The topological polar surface area (TPSA) is 283 Å². The van der Waals surface area contributed by atoms with Gasteiger partial charge in [-0.2, -0.15) is 0 Å². The molecule has 94 heavy (non-hydrogen) atoms. The fraction of sp³-hybridized carbons (Fsp3) is 0.797. The first kappa shape index (κ1) is 83.9. The second kappa shape index (κ2) is 38.5. The second-order valence-corrected chi connectivity index (χ2v) is 28.6. The highest BCUT2D eigenvalue weighted by molar-refractivity contribution is 5.99. The third-order valence-electron chi connectivity index (χ3n) is 18.6. The Balaban J connectivity index is 3.06. The molecule has 538 valence electrons. The van der Waals surface area contributed by atoms with Crippen molar-refractivity contribution in [3.8, 4) is 0 Å². The van der Waals surface area contributed by atoms with Gasteiger partial charge in [-0.3, -0.25) is 52.8 Å². The van der Waals surface area contributed by atoms with Gasteiger partial charge in [-0.1, -0.05) is 109 Å². The van der Waals surface area contributed by atoms with E-state index >= 15 is 24.0 Å². The van der Waals surface area contributed by atoms with Crippen LogP contribution in [0.2, 0.25) is 0 Å². The van der Waals surface area contributed by atoms with Crippen molar-refractivity contribution in [2.75, 3.05) is 89.3 Å². The van der Waals surface area contributed by atoms with E-state index in [1.165, 1.54) is 90.3 Å². The summed E-state index contributed by atoms with van der Waals surface area (Å²) >= 11 is 0.